The van der Waals surface area contributed by atoms with Crippen LogP contribution in [0.1, 0.15) is 66.2 Å². The number of ether oxygens (including phenoxy) is 1. The highest BCUT2D eigenvalue weighted by atomic mass is 16.5. The third-order valence-electron chi connectivity index (χ3n) is 4.31. The third-order valence-corrected chi connectivity index (χ3v) is 4.31. The maximum atomic E-state index is 6.40. The maximum Gasteiger partial charge on any atom is 0.0809 e. The largest absolute Gasteiger partial charge is 0.373 e. The van der Waals surface area contributed by atoms with Gasteiger partial charge in [0.05, 0.1) is 12.2 Å². The summed E-state index contributed by atoms with van der Waals surface area (Å²) in [6.07, 6.45) is 7.97. The van der Waals surface area contributed by atoms with Gasteiger partial charge in [0.1, 0.15) is 0 Å². The number of nitrogens with one attached hydrogen (secondary N) is 1. The molecular weight excluding hydrogens is 222 g/mol. The molecular formula is C16H31NO. The molecule has 106 valence electrons. The van der Waals surface area contributed by atoms with Gasteiger partial charge in [-0.15, -0.1) is 0 Å². The molecule has 0 saturated heterocycles. The van der Waals surface area contributed by atoms with E-state index in [1.807, 2.05) is 0 Å². The highest BCUT2D eigenvalue weighted by Gasteiger charge is 2.38. The van der Waals surface area contributed by atoms with Crippen molar-refractivity contribution in [2.75, 3.05) is 13.2 Å². The van der Waals surface area contributed by atoms with E-state index in [-0.39, 0.29) is 11.1 Å². The van der Waals surface area contributed by atoms with Crippen LogP contribution in [0.2, 0.25) is 0 Å². The molecule has 2 fully saturated rings. The van der Waals surface area contributed by atoms with Crippen molar-refractivity contribution in [3.8, 4) is 0 Å². The first-order chi connectivity index (χ1) is 8.39. The van der Waals surface area contributed by atoms with Crippen LogP contribution in [0.4, 0.5) is 0 Å². The Morgan fingerprint density at radius 3 is 2.50 bits per heavy atom. The third kappa shape index (κ3) is 4.55. The lowest BCUT2D eigenvalue weighted by Gasteiger charge is -2.42. The Labute approximate surface area is 113 Å². The first kappa shape index (κ1) is 14.3. The smallest absolute Gasteiger partial charge is 0.0809 e. The second kappa shape index (κ2) is 5.50. The molecule has 2 heteroatoms. The molecule has 2 unspecified atom stereocenters. The molecule has 2 saturated carbocycles. The standard InChI is InChI=1S/C16H31NO/c1-13-6-5-9-16(10-13,12-17-15(2,3)4)18-11-14-7-8-14/h13-14,17H,5-12H2,1-4H3. The van der Waals surface area contributed by atoms with Crippen molar-refractivity contribution < 1.29 is 4.74 Å². The summed E-state index contributed by atoms with van der Waals surface area (Å²) in [7, 11) is 0. The van der Waals surface area contributed by atoms with E-state index in [4.69, 9.17) is 4.74 Å². The normalized spacial score (nSPS) is 33.7. The Morgan fingerprint density at radius 1 is 1.22 bits per heavy atom. The SMILES string of the molecule is CC1CCCC(CNC(C)(C)C)(OCC2CC2)C1. The van der Waals surface area contributed by atoms with E-state index >= 15 is 0 Å². The molecule has 0 aliphatic heterocycles. The second-order valence-corrected chi connectivity index (χ2v) is 7.74. The first-order valence-corrected chi connectivity index (χ1v) is 7.78. The van der Waals surface area contributed by atoms with Crippen LogP contribution >= 0.6 is 0 Å². The molecule has 1 N–H and O–H groups in total. The minimum Gasteiger partial charge on any atom is -0.373 e. The molecule has 2 aliphatic rings. The molecule has 2 nitrogen and oxygen atoms in total. The Morgan fingerprint density at radius 2 is 1.94 bits per heavy atom. The van der Waals surface area contributed by atoms with E-state index in [2.05, 4.69) is 33.0 Å². The molecule has 18 heavy (non-hydrogen) atoms. The van der Waals surface area contributed by atoms with E-state index < -0.39 is 0 Å². The van der Waals surface area contributed by atoms with Crippen LogP contribution < -0.4 is 5.32 Å². The fraction of sp³-hybridized carbons (Fsp3) is 1.00. The van der Waals surface area contributed by atoms with E-state index in [1.54, 1.807) is 0 Å². The second-order valence-electron chi connectivity index (χ2n) is 7.74. The van der Waals surface area contributed by atoms with E-state index in [1.165, 1.54) is 38.5 Å². The molecule has 0 bridgehead atoms. The predicted molar refractivity (Wildman–Crippen MR) is 76.8 cm³/mol. The van der Waals surface area contributed by atoms with Gasteiger partial charge in [-0.25, -0.2) is 0 Å². The maximum absolute atomic E-state index is 6.40. The summed E-state index contributed by atoms with van der Waals surface area (Å²) in [6, 6.07) is 0. The lowest BCUT2D eigenvalue weighted by Crippen LogP contribution is -2.51. The van der Waals surface area contributed by atoms with Crippen LogP contribution in [0.3, 0.4) is 0 Å². The van der Waals surface area contributed by atoms with Gasteiger partial charge in [-0.05, 0) is 58.3 Å². The van der Waals surface area contributed by atoms with Crippen LogP contribution in [0.25, 0.3) is 0 Å². The van der Waals surface area contributed by atoms with Gasteiger partial charge in [-0.2, -0.15) is 0 Å². The van der Waals surface area contributed by atoms with Crippen molar-refractivity contribution in [2.45, 2.75) is 77.4 Å². The van der Waals surface area contributed by atoms with Crippen molar-refractivity contribution in [1.29, 1.82) is 0 Å². The number of hydrogen-bond donors (Lipinski definition) is 1. The van der Waals surface area contributed by atoms with Gasteiger partial charge in [0.2, 0.25) is 0 Å². The summed E-state index contributed by atoms with van der Waals surface area (Å²) in [5, 5.41) is 3.67. The van der Waals surface area contributed by atoms with Crippen molar-refractivity contribution in [3.05, 3.63) is 0 Å². The van der Waals surface area contributed by atoms with E-state index in [0.717, 1.165) is 25.0 Å². The van der Waals surface area contributed by atoms with Gasteiger partial charge in [-0.1, -0.05) is 19.8 Å². The Kier molecular flexibility index (Phi) is 4.38. The molecule has 0 heterocycles. The summed E-state index contributed by atoms with van der Waals surface area (Å²) >= 11 is 0. The fourth-order valence-corrected chi connectivity index (χ4v) is 2.96. The topological polar surface area (TPSA) is 21.3 Å². The molecule has 0 radical (unpaired) electrons. The summed E-state index contributed by atoms with van der Waals surface area (Å²) in [5.74, 6) is 1.69. The summed E-state index contributed by atoms with van der Waals surface area (Å²) < 4.78 is 6.40. The van der Waals surface area contributed by atoms with Crippen molar-refractivity contribution >= 4 is 0 Å². The zero-order valence-corrected chi connectivity index (χ0v) is 12.7. The molecule has 2 rings (SSSR count). The monoisotopic (exact) mass is 253 g/mol. The zero-order chi connectivity index (χ0) is 13.2. The van der Waals surface area contributed by atoms with Crippen LogP contribution in [0, 0.1) is 11.8 Å². The van der Waals surface area contributed by atoms with E-state index in [0.29, 0.717) is 0 Å². The number of hydrogen-bond acceptors (Lipinski definition) is 2. The van der Waals surface area contributed by atoms with Crippen LogP contribution in [0.5, 0.6) is 0 Å². The quantitative estimate of drug-likeness (QED) is 0.805. The lowest BCUT2D eigenvalue weighted by molar-refractivity contribution is -0.0859. The molecule has 2 atom stereocenters. The molecule has 0 aromatic rings. The van der Waals surface area contributed by atoms with E-state index in [9.17, 15) is 0 Å². The van der Waals surface area contributed by atoms with Gasteiger partial charge in [-0.3, -0.25) is 0 Å². The predicted octanol–water partition coefficient (Wildman–Crippen LogP) is 3.75. The average molecular weight is 253 g/mol. The summed E-state index contributed by atoms with van der Waals surface area (Å²) in [5.41, 5.74) is 0.310. The van der Waals surface area contributed by atoms with Gasteiger partial charge in [0.15, 0.2) is 0 Å². The van der Waals surface area contributed by atoms with Gasteiger partial charge >= 0.3 is 0 Å². The number of rotatable bonds is 5. The summed E-state index contributed by atoms with van der Waals surface area (Å²) in [4.78, 5) is 0. The van der Waals surface area contributed by atoms with Crippen LogP contribution in [0.15, 0.2) is 0 Å². The van der Waals surface area contributed by atoms with Crippen molar-refractivity contribution in [1.82, 2.24) is 5.32 Å². The molecule has 0 amide bonds. The molecule has 2 aliphatic carbocycles. The van der Waals surface area contributed by atoms with Crippen molar-refractivity contribution in [3.63, 3.8) is 0 Å². The van der Waals surface area contributed by atoms with Crippen molar-refractivity contribution in [2.24, 2.45) is 11.8 Å². The minimum atomic E-state index is 0.119. The van der Waals surface area contributed by atoms with Crippen LogP contribution in [-0.4, -0.2) is 24.3 Å². The molecule has 0 aromatic heterocycles. The average Bonchev–Trinajstić information content (AvgIpc) is 3.07. The van der Waals surface area contributed by atoms with Gasteiger partial charge in [0, 0.05) is 12.1 Å². The Balaban J connectivity index is 1.91. The Bertz CT molecular complexity index is 267. The summed E-state index contributed by atoms with van der Waals surface area (Å²) in [6.45, 7) is 11.1. The van der Waals surface area contributed by atoms with Crippen LogP contribution in [-0.2, 0) is 4.74 Å². The zero-order valence-electron chi connectivity index (χ0n) is 12.7. The molecule has 0 aromatic carbocycles. The highest BCUT2D eigenvalue weighted by molar-refractivity contribution is 4.92. The first-order valence-electron chi connectivity index (χ1n) is 7.78. The highest BCUT2D eigenvalue weighted by Crippen LogP contribution is 2.38. The minimum absolute atomic E-state index is 0.119. The lowest BCUT2D eigenvalue weighted by atomic mass is 9.78. The Hall–Kier alpha value is -0.0800. The van der Waals surface area contributed by atoms with Gasteiger partial charge in [0.25, 0.3) is 0 Å². The molecule has 0 spiro atoms. The fourth-order valence-electron chi connectivity index (χ4n) is 2.96. The van der Waals surface area contributed by atoms with Gasteiger partial charge < -0.3 is 10.1 Å².